The van der Waals surface area contributed by atoms with E-state index in [-0.39, 0.29) is 38.5 Å². The van der Waals surface area contributed by atoms with Gasteiger partial charge < -0.3 is 19.7 Å². The van der Waals surface area contributed by atoms with Gasteiger partial charge in [-0.1, -0.05) is 0 Å². The van der Waals surface area contributed by atoms with Gasteiger partial charge in [0.05, 0.1) is 0 Å². The summed E-state index contributed by atoms with van der Waals surface area (Å²) in [7, 11) is 0. The third-order valence-corrected chi connectivity index (χ3v) is 2.12. The number of carbonyl (C=O) groups excluding carboxylic acids is 3. The van der Waals surface area contributed by atoms with E-state index in [1.165, 1.54) is 0 Å². The van der Waals surface area contributed by atoms with Crippen LogP contribution in [-0.2, 0) is 33.4 Å². The molecule has 118 valence electrons. The Morgan fingerprint density at radius 2 is 1.14 bits per heavy atom. The Balaban J connectivity index is 3.73. The maximum atomic E-state index is 11.1. The molecule has 0 aliphatic rings. The monoisotopic (exact) mass is 304 g/mol. The van der Waals surface area contributed by atoms with E-state index in [9.17, 15) is 24.0 Å². The summed E-state index contributed by atoms with van der Waals surface area (Å²) < 4.78 is 8.76. The summed E-state index contributed by atoms with van der Waals surface area (Å²) in [4.78, 5) is 53.7. The van der Waals surface area contributed by atoms with Gasteiger partial charge >= 0.3 is 29.8 Å². The van der Waals surface area contributed by atoms with Crippen LogP contribution in [0.25, 0.3) is 0 Å². The summed E-state index contributed by atoms with van der Waals surface area (Å²) in [6, 6.07) is 0. The van der Waals surface area contributed by atoms with Crippen molar-refractivity contribution < 1.29 is 43.7 Å². The van der Waals surface area contributed by atoms with Gasteiger partial charge in [-0.2, -0.15) is 0 Å². The minimum Gasteiger partial charge on any atom is -0.481 e. The third-order valence-electron chi connectivity index (χ3n) is 2.12. The lowest BCUT2D eigenvalue weighted by Gasteiger charge is -2.04. The van der Waals surface area contributed by atoms with E-state index in [0.29, 0.717) is 0 Å². The summed E-state index contributed by atoms with van der Waals surface area (Å²) in [5.41, 5.74) is 0. The van der Waals surface area contributed by atoms with E-state index in [0.717, 1.165) is 0 Å². The zero-order valence-electron chi connectivity index (χ0n) is 11.2. The number of esters is 3. The molecule has 0 radical (unpaired) electrons. The molecule has 0 atom stereocenters. The molecule has 9 nitrogen and oxygen atoms in total. The zero-order valence-corrected chi connectivity index (χ0v) is 11.2. The van der Waals surface area contributed by atoms with Gasteiger partial charge in [0.1, 0.15) is 0 Å². The van der Waals surface area contributed by atoms with Crippen molar-refractivity contribution in [2.75, 3.05) is 6.61 Å². The first-order valence-electron chi connectivity index (χ1n) is 6.14. The average molecular weight is 304 g/mol. The molecule has 0 rings (SSSR count). The van der Waals surface area contributed by atoms with Crippen LogP contribution in [0.2, 0.25) is 0 Å². The molecule has 21 heavy (non-hydrogen) atoms. The van der Waals surface area contributed by atoms with Gasteiger partial charge in [0.15, 0.2) is 6.61 Å². The topological polar surface area (TPSA) is 144 Å². The van der Waals surface area contributed by atoms with E-state index in [1.54, 1.807) is 0 Å². The van der Waals surface area contributed by atoms with Crippen LogP contribution in [0.15, 0.2) is 0 Å². The van der Waals surface area contributed by atoms with Crippen molar-refractivity contribution in [3.05, 3.63) is 0 Å². The third kappa shape index (κ3) is 12.3. The van der Waals surface area contributed by atoms with Crippen molar-refractivity contribution in [2.45, 2.75) is 38.5 Å². The van der Waals surface area contributed by atoms with Gasteiger partial charge in [0, 0.05) is 25.7 Å². The highest BCUT2D eigenvalue weighted by atomic mass is 16.6. The molecule has 0 aromatic carbocycles. The molecule has 0 spiro atoms. The second-order valence-corrected chi connectivity index (χ2v) is 4.00. The zero-order chi connectivity index (χ0) is 16.3. The highest BCUT2D eigenvalue weighted by Crippen LogP contribution is 2.00. The maximum absolute atomic E-state index is 11.1. The van der Waals surface area contributed by atoms with Crippen LogP contribution in [0.3, 0.4) is 0 Å². The lowest BCUT2D eigenvalue weighted by molar-refractivity contribution is -0.167. The molecule has 9 heteroatoms. The second kappa shape index (κ2) is 10.4. The minimum absolute atomic E-state index is 0.0381. The summed E-state index contributed by atoms with van der Waals surface area (Å²) in [6.45, 7) is -0.753. The Hall–Kier alpha value is -2.45. The van der Waals surface area contributed by atoms with Crippen molar-refractivity contribution in [3.63, 3.8) is 0 Å². The van der Waals surface area contributed by atoms with Gasteiger partial charge in [0.25, 0.3) is 0 Å². The van der Waals surface area contributed by atoms with Gasteiger partial charge in [-0.3, -0.25) is 19.2 Å². The maximum Gasteiger partial charge on any atom is 0.351 e. The molecule has 0 aromatic rings. The lowest BCUT2D eigenvalue weighted by atomic mass is 10.2. The van der Waals surface area contributed by atoms with Gasteiger partial charge in [-0.05, 0) is 12.8 Å². The number of rotatable bonds is 10. The number of hydrogen-bond donors (Lipinski definition) is 2. The van der Waals surface area contributed by atoms with Crippen LogP contribution in [0, 0.1) is 0 Å². The molecule has 0 aromatic heterocycles. The molecule has 0 heterocycles. The van der Waals surface area contributed by atoms with Gasteiger partial charge in [-0.15, -0.1) is 0 Å². The molecule has 0 saturated heterocycles. The number of carbonyl (C=O) groups is 5. The van der Waals surface area contributed by atoms with Crippen molar-refractivity contribution in [1.82, 2.24) is 0 Å². The van der Waals surface area contributed by atoms with Crippen molar-refractivity contribution >= 4 is 29.8 Å². The van der Waals surface area contributed by atoms with E-state index < -0.39 is 36.5 Å². The molecule has 2 N–H and O–H groups in total. The van der Waals surface area contributed by atoms with Crippen LogP contribution in [0.5, 0.6) is 0 Å². The molecule has 0 aliphatic carbocycles. The van der Waals surface area contributed by atoms with Gasteiger partial charge in [-0.25, -0.2) is 4.79 Å². The number of ether oxygens (including phenoxy) is 2. The number of carboxylic acid groups (broad SMARTS) is 2. The quantitative estimate of drug-likeness (QED) is 0.424. The predicted octanol–water partition coefficient (Wildman–Crippen LogP) is 0.109. The van der Waals surface area contributed by atoms with Crippen LogP contribution < -0.4 is 0 Å². The van der Waals surface area contributed by atoms with Gasteiger partial charge in [0.2, 0.25) is 0 Å². The molecule has 0 unspecified atom stereocenters. The Kier molecular flexibility index (Phi) is 9.14. The van der Waals surface area contributed by atoms with Crippen LogP contribution in [0.1, 0.15) is 38.5 Å². The van der Waals surface area contributed by atoms with Crippen LogP contribution in [0.4, 0.5) is 0 Å². The fraction of sp³-hybridized carbons (Fsp3) is 0.583. The SMILES string of the molecule is O=C(O)CCCC(=O)OCC(=O)OC(=O)CCCC(=O)O. The summed E-state index contributed by atoms with van der Waals surface area (Å²) in [5, 5.41) is 16.7. The molecule has 0 fully saturated rings. The molecular weight excluding hydrogens is 288 g/mol. The predicted molar refractivity (Wildman–Crippen MR) is 65.0 cm³/mol. The summed E-state index contributed by atoms with van der Waals surface area (Å²) in [6.07, 6.45) is -0.687. The highest BCUT2D eigenvalue weighted by molar-refractivity contribution is 5.87. The average Bonchev–Trinajstić information content (AvgIpc) is 2.35. The Morgan fingerprint density at radius 1 is 0.667 bits per heavy atom. The first-order chi connectivity index (χ1) is 9.81. The normalized spacial score (nSPS) is 9.71. The second-order valence-electron chi connectivity index (χ2n) is 4.00. The summed E-state index contributed by atoms with van der Waals surface area (Å²) >= 11 is 0. The largest absolute Gasteiger partial charge is 0.481 e. The van der Waals surface area contributed by atoms with E-state index >= 15 is 0 Å². The van der Waals surface area contributed by atoms with E-state index in [1.807, 2.05) is 0 Å². The van der Waals surface area contributed by atoms with E-state index in [2.05, 4.69) is 9.47 Å². The fourth-order valence-electron chi connectivity index (χ4n) is 1.19. The Labute approximate surface area is 119 Å². The van der Waals surface area contributed by atoms with Crippen LogP contribution >= 0.6 is 0 Å². The lowest BCUT2D eigenvalue weighted by Crippen LogP contribution is -2.20. The molecule has 0 amide bonds. The number of hydrogen-bond acceptors (Lipinski definition) is 7. The molecule has 0 saturated carbocycles. The minimum atomic E-state index is -1.07. The smallest absolute Gasteiger partial charge is 0.351 e. The number of aliphatic carboxylic acids is 2. The molecule has 0 bridgehead atoms. The van der Waals surface area contributed by atoms with Crippen molar-refractivity contribution in [3.8, 4) is 0 Å². The highest BCUT2D eigenvalue weighted by Gasteiger charge is 2.13. The standard InChI is InChI=1S/C12H16O9/c13-8(14)3-1-5-10(17)20-7-12(19)21-11(18)6-2-4-9(15)16/h1-7H2,(H,13,14)(H,15,16). The summed E-state index contributed by atoms with van der Waals surface area (Å²) in [5.74, 6) is -4.85. The first kappa shape index (κ1) is 18.6. The van der Waals surface area contributed by atoms with E-state index in [4.69, 9.17) is 10.2 Å². The molecular formula is C12H16O9. The van der Waals surface area contributed by atoms with Crippen LogP contribution in [-0.4, -0.2) is 46.7 Å². The first-order valence-corrected chi connectivity index (χ1v) is 6.14. The Morgan fingerprint density at radius 3 is 1.62 bits per heavy atom. The van der Waals surface area contributed by atoms with Crippen molar-refractivity contribution in [2.24, 2.45) is 0 Å². The molecule has 0 aliphatic heterocycles. The Bertz CT molecular complexity index is 413. The fourth-order valence-corrected chi connectivity index (χ4v) is 1.19. The van der Waals surface area contributed by atoms with Crippen molar-refractivity contribution in [1.29, 1.82) is 0 Å². The number of carboxylic acids is 2.